The van der Waals surface area contributed by atoms with Crippen LogP contribution in [0.15, 0.2) is 0 Å². The zero-order chi connectivity index (χ0) is 14.5. The summed E-state index contributed by atoms with van der Waals surface area (Å²) in [5, 5.41) is 0. The van der Waals surface area contributed by atoms with Gasteiger partial charge in [0.05, 0.1) is 6.04 Å². The van der Waals surface area contributed by atoms with Gasteiger partial charge in [0.2, 0.25) is 5.91 Å². The first kappa shape index (κ1) is 15.7. The van der Waals surface area contributed by atoms with E-state index in [9.17, 15) is 4.79 Å². The van der Waals surface area contributed by atoms with Gasteiger partial charge in [-0.2, -0.15) is 0 Å². The monoisotopic (exact) mass is 283 g/mol. The van der Waals surface area contributed by atoms with Crippen molar-refractivity contribution in [3.63, 3.8) is 0 Å². The number of rotatable bonds is 4. The van der Waals surface area contributed by atoms with Gasteiger partial charge in [-0.15, -0.1) is 0 Å². The highest BCUT2D eigenvalue weighted by Crippen LogP contribution is 2.19. The van der Waals surface area contributed by atoms with Crippen molar-refractivity contribution in [2.45, 2.75) is 32.7 Å². The van der Waals surface area contributed by atoms with Crippen LogP contribution in [-0.4, -0.2) is 67.7 Å². The molecule has 0 spiro atoms. The largest absolute Gasteiger partial charge is 0.381 e. The molecule has 2 rings (SSSR count). The Morgan fingerprint density at radius 2 is 1.80 bits per heavy atom. The predicted octanol–water partition coefficient (Wildman–Crippen LogP) is 0.541. The highest BCUT2D eigenvalue weighted by atomic mass is 16.5. The molecule has 0 aromatic heterocycles. The first-order valence-electron chi connectivity index (χ1n) is 7.92. The summed E-state index contributed by atoms with van der Waals surface area (Å²) in [7, 11) is 0. The number of nitrogens with two attached hydrogens (primary N) is 1. The van der Waals surface area contributed by atoms with Crippen LogP contribution in [0.1, 0.15) is 26.7 Å². The summed E-state index contributed by atoms with van der Waals surface area (Å²) in [6, 6.07) is -0.337. The van der Waals surface area contributed by atoms with Crippen molar-refractivity contribution in [3.05, 3.63) is 0 Å². The van der Waals surface area contributed by atoms with Crippen LogP contribution in [0.2, 0.25) is 0 Å². The number of nitrogens with zero attached hydrogens (tertiary/aromatic N) is 2. The Morgan fingerprint density at radius 1 is 1.20 bits per heavy atom. The van der Waals surface area contributed by atoms with Gasteiger partial charge in [-0.25, -0.2) is 0 Å². The second kappa shape index (κ2) is 7.38. The third-order valence-corrected chi connectivity index (χ3v) is 4.37. The van der Waals surface area contributed by atoms with E-state index in [-0.39, 0.29) is 11.9 Å². The molecule has 2 saturated heterocycles. The van der Waals surface area contributed by atoms with Gasteiger partial charge < -0.3 is 15.4 Å². The van der Waals surface area contributed by atoms with Crippen LogP contribution < -0.4 is 5.73 Å². The van der Waals surface area contributed by atoms with Crippen LogP contribution >= 0.6 is 0 Å². The number of ether oxygens (including phenoxy) is 1. The fourth-order valence-electron chi connectivity index (χ4n) is 3.15. The summed E-state index contributed by atoms with van der Waals surface area (Å²) in [5.41, 5.74) is 6.18. The molecule has 5 nitrogen and oxygen atoms in total. The summed E-state index contributed by atoms with van der Waals surface area (Å²) in [5.74, 6) is 1.12. The summed E-state index contributed by atoms with van der Waals surface area (Å²) in [4.78, 5) is 16.9. The molecule has 2 aliphatic heterocycles. The summed E-state index contributed by atoms with van der Waals surface area (Å²) in [6.45, 7) is 10.7. The summed E-state index contributed by atoms with van der Waals surface area (Å²) < 4.78 is 5.34. The van der Waals surface area contributed by atoms with Crippen LogP contribution in [0.4, 0.5) is 0 Å². The van der Waals surface area contributed by atoms with Crippen LogP contribution in [0.3, 0.4) is 0 Å². The minimum absolute atomic E-state index is 0.140. The van der Waals surface area contributed by atoms with E-state index in [0.29, 0.717) is 11.8 Å². The molecule has 0 radical (unpaired) electrons. The molecule has 2 fully saturated rings. The minimum atomic E-state index is -0.337. The van der Waals surface area contributed by atoms with Crippen molar-refractivity contribution < 1.29 is 9.53 Å². The van der Waals surface area contributed by atoms with E-state index in [1.54, 1.807) is 0 Å². The number of piperazine rings is 1. The quantitative estimate of drug-likeness (QED) is 0.818. The van der Waals surface area contributed by atoms with Crippen LogP contribution in [0.25, 0.3) is 0 Å². The Labute approximate surface area is 122 Å². The molecule has 0 saturated carbocycles. The molecule has 0 bridgehead atoms. The Bertz CT molecular complexity index is 308. The Hall–Kier alpha value is -0.650. The molecule has 0 aliphatic carbocycles. The molecule has 1 unspecified atom stereocenters. The summed E-state index contributed by atoms with van der Waals surface area (Å²) >= 11 is 0. The molecule has 1 amide bonds. The fraction of sp³-hybridized carbons (Fsp3) is 0.933. The van der Waals surface area contributed by atoms with E-state index in [4.69, 9.17) is 10.5 Å². The number of carbonyl (C=O) groups is 1. The van der Waals surface area contributed by atoms with Crippen molar-refractivity contribution in [2.75, 3.05) is 45.9 Å². The molecule has 0 aromatic carbocycles. The fourth-order valence-corrected chi connectivity index (χ4v) is 3.15. The number of amides is 1. The van der Waals surface area contributed by atoms with Gasteiger partial charge in [0.15, 0.2) is 0 Å². The standard InChI is InChI=1S/C15H29N3O2/c1-12(2)11-17-5-7-18(8-6-17)15(19)14(16)13-3-9-20-10-4-13/h12-14H,3-11,16H2,1-2H3. The number of hydrogen-bond acceptors (Lipinski definition) is 4. The van der Waals surface area contributed by atoms with Gasteiger partial charge in [-0.3, -0.25) is 9.69 Å². The molecule has 1 atom stereocenters. The maximum absolute atomic E-state index is 12.5. The van der Waals surface area contributed by atoms with Crippen LogP contribution in [0, 0.1) is 11.8 Å². The van der Waals surface area contributed by atoms with E-state index < -0.39 is 0 Å². The zero-order valence-corrected chi connectivity index (χ0v) is 12.9. The third kappa shape index (κ3) is 4.17. The average Bonchev–Trinajstić information content (AvgIpc) is 2.47. The lowest BCUT2D eigenvalue weighted by Crippen LogP contribution is -2.55. The van der Waals surface area contributed by atoms with Crippen molar-refractivity contribution in [3.8, 4) is 0 Å². The second-order valence-electron chi connectivity index (χ2n) is 6.50. The molecule has 116 valence electrons. The molecule has 0 aromatic rings. The maximum Gasteiger partial charge on any atom is 0.239 e. The molecule has 2 N–H and O–H groups in total. The molecule has 2 aliphatic rings. The van der Waals surface area contributed by atoms with Gasteiger partial charge in [0.1, 0.15) is 0 Å². The maximum atomic E-state index is 12.5. The van der Waals surface area contributed by atoms with Crippen molar-refractivity contribution in [2.24, 2.45) is 17.6 Å². The highest BCUT2D eigenvalue weighted by Gasteiger charge is 2.31. The third-order valence-electron chi connectivity index (χ3n) is 4.37. The Balaban J connectivity index is 1.78. The van der Waals surface area contributed by atoms with Gasteiger partial charge in [-0.1, -0.05) is 13.8 Å². The van der Waals surface area contributed by atoms with E-state index in [0.717, 1.165) is 58.8 Å². The van der Waals surface area contributed by atoms with Gasteiger partial charge >= 0.3 is 0 Å². The smallest absolute Gasteiger partial charge is 0.239 e. The van der Waals surface area contributed by atoms with Crippen molar-refractivity contribution in [1.29, 1.82) is 0 Å². The SMILES string of the molecule is CC(C)CN1CCN(C(=O)C(N)C2CCOCC2)CC1. The second-order valence-corrected chi connectivity index (χ2v) is 6.50. The zero-order valence-electron chi connectivity index (χ0n) is 12.9. The molecular weight excluding hydrogens is 254 g/mol. The minimum Gasteiger partial charge on any atom is -0.381 e. The molecule has 20 heavy (non-hydrogen) atoms. The van der Waals surface area contributed by atoms with Crippen LogP contribution in [-0.2, 0) is 9.53 Å². The lowest BCUT2D eigenvalue weighted by Gasteiger charge is -2.38. The first-order chi connectivity index (χ1) is 9.58. The van der Waals surface area contributed by atoms with Gasteiger partial charge in [0.25, 0.3) is 0 Å². The molecule has 2 heterocycles. The summed E-state index contributed by atoms with van der Waals surface area (Å²) in [6.07, 6.45) is 1.83. The predicted molar refractivity (Wildman–Crippen MR) is 79.4 cm³/mol. The number of carbonyl (C=O) groups excluding carboxylic acids is 1. The van der Waals surface area contributed by atoms with E-state index in [2.05, 4.69) is 18.7 Å². The van der Waals surface area contributed by atoms with Gasteiger partial charge in [-0.05, 0) is 24.7 Å². The normalized spacial score (nSPS) is 24.1. The average molecular weight is 283 g/mol. The van der Waals surface area contributed by atoms with Crippen molar-refractivity contribution >= 4 is 5.91 Å². The Kier molecular flexibility index (Phi) is 5.81. The van der Waals surface area contributed by atoms with Gasteiger partial charge in [0, 0.05) is 45.9 Å². The molecule has 5 heteroatoms. The lowest BCUT2D eigenvalue weighted by atomic mass is 9.91. The van der Waals surface area contributed by atoms with Crippen molar-refractivity contribution in [1.82, 2.24) is 9.80 Å². The lowest BCUT2D eigenvalue weighted by molar-refractivity contribution is -0.136. The van der Waals surface area contributed by atoms with E-state index >= 15 is 0 Å². The number of hydrogen-bond donors (Lipinski definition) is 1. The highest BCUT2D eigenvalue weighted by molar-refractivity contribution is 5.82. The molecular formula is C15H29N3O2. The van der Waals surface area contributed by atoms with E-state index in [1.807, 2.05) is 4.90 Å². The first-order valence-corrected chi connectivity index (χ1v) is 7.92. The van der Waals surface area contributed by atoms with Crippen LogP contribution in [0.5, 0.6) is 0 Å². The van der Waals surface area contributed by atoms with E-state index in [1.165, 1.54) is 0 Å². The Morgan fingerprint density at radius 3 is 2.35 bits per heavy atom. The topological polar surface area (TPSA) is 58.8 Å².